The van der Waals surface area contributed by atoms with E-state index in [4.69, 9.17) is 37.9 Å². The average Bonchev–Trinajstić information content (AvgIpc) is 4.05. The highest BCUT2D eigenvalue weighted by Gasteiger charge is 2.45. The fourth-order valence-electron chi connectivity index (χ4n) is 5.55. The van der Waals surface area contributed by atoms with Gasteiger partial charge in [-0.05, 0) is 74.9 Å². The van der Waals surface area contributed by atoms with Gasteiger partial charge in [-0.15, -0.1) is 0 Å². The number of ether oxygens (including phenoxy) is 8. The quantitative estimate of drug-likeness (QED) is 0.0720. The minimum absolute atomic E-state index is 0.0353. The first-order valence-corrected chi connectivity index (χ1v) is 17.1. The first kappa shape index (κ1) is 35.9. The molecule has 1 aromatic heterocycles. The Bertz CT molecular complexity index is 1290. The van der Waals surface area contributed by atoms with Crippen molar-refractivity contribution < 1.29 is 42.7 Å². The number of hydrogen-bond donors (Lipinski definition) is 0. The van der Waals surface area contributed by atoms with Gasteiger partial charge in [-0.1, -0.05) is 24.3 Å². The number of carbonyl (C=O) groups is 1. The summed E-state index contributed by atoms with van der Waals surface area (Å²) in [6, 6.07) is 15.9. The molecule has 2 aliphatic rings. The standard InChI is InChI=1S/C38H49NO9/c1-3-41-17-19-43-21-23-45-28-37(13-14-37)30-5-9-32(10-6-30)47-35-25-39-26-36(34(35)27-40)48-33-11-7-31(8-12-33)38(15-16-38)29-46-24-22-44-20-18-42-4-2/h5-12,25-27H,3-4,13-24,28-29H2,1-2H3. The van der Waals surface area contributed by atoms with E-state index in [0.29, 0.717) is 108 Å². The molecule has 0 N–H and O–H groups in total. The number of nitrogens with zero attached hydrogens (tertiary/aromatic N) is 1. The Kier molecular flexibility index (Phi) is 13.8. The van der Waals surface area contributed by atoms with Gasteiger partial charge >= 0.3 is 0 Å². The molecule has 260 valence electrons. The van der Waals surface area contributed by atoms with Gasteiger partial charge in [-0.25, -0.2) is 0 Å². The molecule has 1 heterocycles. The van der Waals surface area contributed by atoms with Gasteiger partial charge in [0.2, 0.25) is 0 Å². The lowest BCUT2D eigenvalue weighted by atomic mass is 9.97. The van der Waals surface area contributed by atoms with Gasteiger partial charge in [0.15, 0.2) is 17.8 Å². The predicted octanol–water partition coefficient (Wildman–Crippen LogP) is 6.68. The van der Waals surface area contributed by atoms with E-state index in [1.54, 1.807) is 0 Å². The lowest BCUT2D eigenvalue weighted by Crippen LogP contribution is -2.18. The van der Waals surface area contributed by atoms with Crippen molar-refractivity contribution in [1.29, 1.82) is 0 Å². The number of aromatic nitrogens is 1. The molecule has 5 rings (SSSR count). The van der Waals surface area contributed by atoms with Crippen LogP contribution in [-0.2, 0) is 39.3 Å². The van der Waals surface area contributed by atoms with Crippen LogP contribution < -0.4 is 9.47 Å². The minimum atomic E-state index is 0.0353. The van der Waals surface area contributed by atoms with Crippen LogP contribution >= 0.6 is 0 Å². The third kappa shape index (κ3) is 10.3. The highest BCUT2D eigenvalue weighted by molar-refractivity contribution is 5.83. The van der Waals surface area contributed by atoms with Crippen molar-refractivity contribution in [3.05, 3.63) is 77.6 Å². The number of pyridine rings is 1. The van der Waals surface area contributed by atoms with Crippen molar-refractivity contribution in [2.45, 2.75) is 50.4 Å². The third-order valence-corrected chi connectivity index (χ3v) is 8.78. The number of aldehydes is 1. The molecule has 2 fully saturated rings. The highest BCUT2D eigenvalue weighted by Crippen LogP contribution is 2.49. The van der Waals surface area contributed by atoms with Crippen LogP contribution in [0.2, 0.25) is 0 Å². The predicted molar refractivity (Wildman–Crippen MR) is 181 cm³/mol. The molecule has 10 heteroatoms. The van der Waals surface area contributed by atoms with Gasteiger partial charge in [-0.2, -0.15) is 0 Å². The zero-order valence-electron chi connectivity index (χ0n) is 28.3. The Labute approximate surface area is 283 Å². The summed E-state index contributed by atoms with van der Waals surface area (Å²) in [7, 11) is 0. The topological polar surface area (TPSA) is 104 Å². The van der Waals surface area contributed by atoms with Crippen LogP contribution in [-0.4, -0.2) is 90.6 Å². The van der Waals surface area contributed by atoms with Gasteiger partial charge < -0.3 is 37.9 Å². The lowest BCUT2D eigenvalue weighted by molar-refractivity contribution is 0.0124. The molecule has 0 unspecified atom stereocenters. The molecule has 3 aromatic rings. The second-order valence-corrected chi connectivity index (χ2v) is 12.2. The Morgan fingerprint density at radius 1 is 0.562 bits per heavy atom. The van der Waals surface area contributed by atoms with E-state index >= 15 is 0 Å². The van der Waals surface area contributed by atoms with Gasteiger partial charge in [0, 0.05) is 24.0 Å². The molecule has 0 bridgehead atoms. The first-order valence-electron chi connectivity index (χ1n) is 17.1. The zero-order valence-corrected chi connectivity index (χ0v) is 28.3. The van der Waals surface area contributed by atoms with Crippen LogP contribution in [0.4, 0.5) is 0 Å². The highest BCUT2D eigenvalue weighted by atomic mass is 16.5. The Balaban J connectivity index is 1.10. The summed E-state index contributed by atoms with van der Waals surface area (Å²) in [5.74, 6) is 1.88. The molecule has 0 aliphatic heterocycles. The maximum atomic E-state index is 12.2. The van der Waals surface area contributed by atoms with Crippen LogP contribution in [0.1, 0.15) is 61.0 Å². The van der Waals surface area contributed by atoms with Gasteiger partial charge in [0.05, 0.1) is 78.5 Å². The minimum Gasteiger partial charge on any atom is -0.455 e. The smallest absolute Gasteiger partial charge is 0.159 e. The summed E-state index contributed by atoms with van der Waals surface area (Å²) >= 11 is 0. The monoisotopic (exact) mass is 663 g/mol. The molecular formula is C38H49NO9. The van der Waals surface area contributed by atoms with E-state index in [9.17, 15) is 4.79 Å². The molecule has 0 saturated heterocycles. The van der Waals surface area contributed by atoms with Crippen molar-refractivity contribution in [2.24, 2.45) is 0 Å². The largest absolute Gasteiger partial charge is 0.455 e. The number of hydrogen-bond acceptors (Lipinski definition) is 10. The molecule has 2 saturated carbocycles. The van der Waals surface area contributed by atoms with Gasteiger partial charge in [-0.3, -0.25) is 9.78 Å². The summed E-state index contributed by atoms with van der Waals surface area (Å²) in [5.41, 5.74) is 2.79. The van der Waals surface area contributed by atoms with E-state index in [2.05, 4.69) is 29.2 Å². The number of carbonyl (C=O) groups excluding carboxylic acids is 1. The van der Waals surface area contributed by atoms with E-state index in [1.165, 1.54) is 23.5 Å². The molecular weight excluding hydrogens is 614 g/mol. The van der Waals surface area contributed by atoms with Crippen molar-refractivity contribution in [3.63, 3.8) is 0 Å². The van der Waals surface area contributed by atoms with Crippen LogP contribution in [0.3, 0.4) is 0 Å². The molecule has 48 heavy (non-hydrogen) atoms. The van der Waals surface area contributed by atoms with Gasteiger partial charge in [0.25, 0.3) is 0 Å². The Morgan fingerprint density at radius 2 is 0.938 bits per heavy atom. The molecule has 2 aliphatic carbocycles. The van der Waals surface area contributed by atoms with Crippen molar-refractivity contribution in [3.8, 4) is 23.0 Å². The second kappa shape index (κ2) is 18.4. The van der Waals surface area contributed by atoms with Crippen molar-refractivity contribution >= 4 is 6.29 Å². The second-order valence-electron chi connectivity index (χ2n) is 12.2. The maximum absolute atomic E-state index is 12.2. The fourth-order valence-corrected chi connectivity index (χ4v) is 5.55. The average molecular weight is 664 g/mol. The maximum Gasteiger partial charge on any atom is 0.159 e. The lowest BCUT2D eigenvalue weighted by Gasteiger charge is -2.18. The van der Waals surface area contributed by atoms with Crippen molar-refractivity contribution in [1.82, 2.24) is 4.98 Å². The van der Waals surface area contributed by atoms with E-state index in [1.807, 2.05) is 38.1 Å². The fraction of sp³-hybridized carbons (Fsp3) is 0.526. The van der Waals surface area contributed by atoms with Crippen LogP contribution in [0.15, 0.2) is 60.9 Å². The zero-order chi connectivity index (χ0) is 33.5. The number of benzene rings is 2. The summed E-state index contributed by atoms with van der Waals surface area (Å²) in [4.78, 5) is 16.5. The number of rotatable bonds is 25. The third-order valence-electron chi connectivity index (χ3n) is 8.78. The van der Waals surface area contributed by atoms with E-state index in [0.717, 1.165) is 32.0 Å². The summed E-state index contributed by atoms with van der Waals surface area (Å²) in [6.07, 6.45) is 8.12. The SMILES string of the molecule is CCOCCOCCOCC1(c2ccc(Oc3cncc(Oc4ccc(C5(COCCOCCOCC)CC5)cc4)c3C=O)cc2)CC1. The van der Waals surface area contributed by atoms with Crippen LogP contribution in [0.25, 0.3) is 0 Å². The molecule has 0 spiro atoms. The van der Waals surface area contributed by atoms with E-state index < -0.39 is 0 Å². The Morgan fingerprint density at radius 3 is 1.29 bits per heavy atom. The van der Waals surface area contributed by atoms with Crippen LogP contribution in [0.5, 0.6) is 23.0 Å². The van der Waals surface area contributed by atoms with Crippen LogP contribution in [0, 0.1) is 0 Å². The normalized spacial score (nSPS) is 15.6. The van der Waals surface area contributed by atoms with Gasteiger partial charge in [0.1, 0.15) is 17.1 Å². The molecule has 0 radical (unpaired) electrons. The van der Waals surface area contributed by atoms with E-state index in [-0.39, 0.29) is 10.8 Å². The molecule has 10 nitrogen and oxygen atoms in total. The first-order chi connectivity index (χ1) is 23.6. The van der Waals surface area contributed by atoms with Crippen molar-refractivity contribution in [2.75, 3.05) is 79.3 Å². The molecule has 0 amide bonds. The summed E-state index contributed by atoms with van der Waals surface area (Å²) < 4.78 is 45.7. The molecule has 0 atom stereocenters. The molecule has 2 aromatic carbocycles. The Hall–Kier alpha value is -3.38. The summed E-state index contributed by atoms with van der Waals surface area (Å²) in [5, 5.41) is 0. The summed E-state index contributed by atoms with van der Waals surface area (Å²) in [6.45, 7) is 11.2.